The van der Waals surface area contributed by atoms with Crippen LogP contribution in [0.15, 0.2) is 4.99 Å². The summed E-state index contributed by atoms with van der Waals surface area (Å²) in [5.74, 6) is 0. The van der Waals surface area contributed by atoms with E-state index in [2.05, 4.69) is 25.8 Å². The minimum Gasteiger partial charge on any atom is -0.376 e. The number of ether oxygens (including phenoxy) is 1. The summed E-state index contributed by atoms with van der Waals surface area (Å²) in [4.78, 5) is 13.5. The molecule has 0 bridgehead atoms. The van der Waals surface area contributed by atoms with E-state index in [1.165, 1.54) is 6.08 Å². The zero-order chi connectivity index (χ0) is 9.83. The third kappa shape index (κ3) is 2.43. The van der Waals surface area contributed by atoms with E-state index in [0.29, 0.717) is 6.54 Å². The number of aliphatic imine (C=N–C) groups is 1. The molecular formula is C9H17NO2. The summed E-state index contributed by atoms with van der Waals surface area (Å²) in [7, 11) is 1.63. The van der Waals surface area contributed by atoms with E-state index >= 15 is 0 Å². The zero-order valence-electron chi connectivity index (χ0n) is 8.47. The van der Waals surface area contributed by atoms with E-state index in [4.69, 9.17) is 4.74 Å². The molecule has 0 saturated heterocycles. The molecule has 0 saturated carbocycles. The summed E-state index contributed by atoms with van der Waals surface area (Å²) in [5.41, 5.74) is -0.438. The maximum atomic E-state index is 9.95. The molecule has 1 atom stereocenters. The Labute approximate surface area is 73.8 Å². The van der Waals surface area contributed by atoms with Gasteiger partial charge in [-0.1, -0.05) is 20.8 Å². The highest BCUT2D eigenvalue weighted by Crippen LogP contribution is 2.32. The minimum atomic E-state index is -0.398. The van der Waals surface area contributed by atoms with Gasteiger partial charge in [0, 0.05) is 7.11 Å². The molecule has 0 rings (SSSR count). The van der Waals surface area contributed by atoms with E-state index in [1.807, 2.05) is 6.92 Å². The lowest BCUT2D eigenvalue weighted by molar-refractivity contribution is -0.0690. The second-order valence-electron chi connectivity index (χ2n) is 4.09. The van der Waals surface area contributed by atoms with Gasteiger partial charge in [-0.05, 0) is 12.3 Å². The first-order valence-corrected chi connectivity index (χ1v) is 3.96. The smallest absolute Gasteiger partial charge is 0.235 e. The van der Waals surface area contributed by atoms with E-state index in [9.17, 15) is 4.79 Å². The Morgan fingerprint density at radius 1 is 1.33 bits per heavy atom. The van der Waals surface area contributed by atoms with Crippen LogP contribution in [-0.2, 0) is 9.53 Å². The van der Waals surface area contributed by atoms with Crippen molar-refractivity contribution in [2.75, 3.05) is 13.7 Å². The fourth-order valence-corrected chi connectivity index (χ4v) is 0.791. The number of methoxy groups -OCH3 is 1. The van der Waals surface area contributed by atoms with Gasteiger partial charge >= 0.3 is 0 Å². The van der Waals surface area contributed by atoms with Gasteiger partial charge in [0.1, 0.15) is 0 Å². The first-order valence-electron chi connectivity index (χ1n) is 3.96. The molecule has 12 heavy (non-hydrogen) atoms. The van der Waals surface area contributed by atoms with Crippen LogP contribution >= 0.6 is 0 Å². The summed E-state index contributed by atoms with van der Waals surface area (Å²) >= 11 is 0. The molecule has 1 unspecified atom stereocenters. The highest BCUT2D eigenvalue weighted by molar-refractivity contribution is 5.33. The Morgan fingerprint density at radius 2 is 1.83 bits per heavy atom. The molecule has 70 valence electrons. The van der Waals surface area contributed by atoms with Gasteiger partial charge in [0.05, 0.1) is 12.1 Å². The fourth-order valence-electron chi connectivity index (χ4n) is 0.791. The summed E-state index contributed by atoms with van der Waals surface area (Å²) in [6.45, 7) is 8.45. The highest BCUT2D eigenvalue weighted by atomic mass is 16.5. The molecule has 0 spiro atoms. The van der Waals surface area contributed by atoms with Gasteiger partial charge in [0.15, 0.2) is 0 Å². The number of hydrogen-bond donors (Lipinski definition) is 0. The lowest BCUT2D eigenvalue weighted by Crippen LogP contribution is -2.44. The SMILES string of the molecule is COC(C)(CN=C=O)C(C)(C)C. The molecule has 0 amide bonds. The number of isocyanates is 1. The normalized spacial score (nSPS) is 16.4. The molecule has 0 aliphatic heterocycles. The number of carbonyl (C=O) groups excluding carboxylic acids is 1. The maximum absolute atomic E-state index is 9.95. The number of nitrogens with zero attached hydrogens (tertiary/aromatic N) is 1. The summed E-state index contributed by atoms with van der Waals surface area (Å²) in [5, 5.41) is 0. The molecular weight excluding hydrogens is 154 g/mol. The van der Waals surface area contributed by atoms with Gasteiger partial charge in [-0.3, -0.25) is 0 Å². The van der Waals surface area contributed by atoms with E-state index in [1.54, 1.807) is 7.11 Å². The van der Waals surface area contributed by atoms with Crippen molar-refractivity contribution >= 4 is 6.08 Å². The van der Waals surface area contributed by atoms with Crippen molar-refractivity contribution < 1.29 is 9.53 Å². The van der Waals surface area contributed by atoms with Gasteiger partial charge in [-0.25, -0.2) is 9.79 Å². The average Bonchev–Trinajstić information content (AvgIpc) is 1.98. The standard InChI is InChI=1S/C9H17NO2/c1-8(2,3)9(4,12-5)6-10-7-11/h6H2,1-5H3. The van der Waals surface area contributed by atoms with Gasteiger partial charge in [-0.2, -0.15) is 0 Å². The Balaban J connectivity index is 4.55. The first kappa shape index (κ1) is 11.3. The summed E-state index contributed by atoms with van der Waals surface area (Å²) in [6.07, 6.45) is 1.52. The van der Waals surface area contributed by atoms with Crippen molar-refractivity contribution in [1.29, 1.82) is 0 Å². The van der Waals surface area contributed by atoms with Crippen LogP contribution < -0.4 is 0 Å². The van der Waals surface area contributed by atoms with Crippen LogP contribution in [0, 0.1) is 5.41 Å². The third-order valence-corrected chi connectivity index (χ3v) is 2.48. The summed E-state index contributed by atoms with van der Waals surface area (Å²) in [6, 6.07) is 0. The zero-order valence-corrected chi connectivity index (χ0v) is 8.47. The average molecular weight is 171 g/mol. The van der Waals surface area contributed by atoms with E-state index < -0.39 is 5.60 Å². The second kappa shape index (κ2) is 3.83. The van der Waals surface area contributed by atoms with Crippen molar-refractivity contribution in [3.05, 3.63) is 0 Å². The molecule has 3 heteroatoms. The van der Waals surface area contributed by atoms with Gasteiger partial charge < -0.3 is 4.74 Å². The topological polar surface area (TPSA) is 38.7 Å². The van der Waals surface area contributed by atoms with Crippen molar-refractivity contribution in [2.24, 2.45) is 10.4 Å². The Kier molecular flexibility index (Phi) is 3.62. The highest BCUT2D eigenvalue weighted by Gasteiger charge is 2.37. The minimum absolute atomic E-state index is 0.0396. The van der Waals surface area contributed by atoms with Crippen LogP contribution in [0.4, 0.5) is 0 Å². The lowest BCUT2D eigenvalue weighted by atomic mass is 9.77. The first-order chi connectivity index (χ1) is 5.37. The maximum Gasteiger partial charge on any atom is 0.235 e. The molecule has 0 aliphatic rings. The predicted molar refractivity (Wildman–Crippen MR) is 47.9 cm³/mol. The van der Waals surface area contributed by atoms with Crippen molar-refractivity contribution in [3.63, 3.8) is 0 Å². The molecule has 0 N–H and O–H groups in total. The second-order valence-corrected chi connectivity index (χ2v) is 4.09. The molecule has 0 aliphatic carbocycles. The predicted octanol–water partition coefficient (Wildman–Crippen LogP) is 1.77. The molecule has 0 aromatic carbocycles. The number of hydrogen-bond acceptors (Lipinski definition) is 3. The Hall–Kier alpha value is -0.660. The largest absolute Gasteiger partial charge is 0.376 e. The van der Waals surface area contributed by atoms with Crippen molar-refractivity contribution in [2.45, 2.75) is 33.3 Å². The van der Waals surface area contributed by atoms with Gasteiger partial charge in [0.25, 0.3) is 0 Å². The molecule has 0 heterocycles. The molecule has 3 nitrogen and oxygen atoms in total. The quantitative estimate of drug-likeness (QED) is 0.479. The van der Waals surface area contributed by atoms with Gasteiger partial charge in [-0.15, -0.1) is 0 Å². The van der Waals surface area contributed by atoms with Crippen LogP contribution in [-0.4, -0.2) is 25.3 Å². The molecule has 0 aromatic heterocycles. The van der Waals surface area contributed by atoms with E-state index in [-0.39, 0.29) is 5.41 Å². The summed E-state index contributed by atoms with van der Waals surface area (Å²) < 4.78 is 5.33. The molecule has 0 fully saturated rings. The van der Waals surface area contributed by atoms with Crippen LogP contribution in [0.3, 0.4) is 0 Å². The molecule has 0 radical (unpaired) electrons. The third-order valence-electron chi connectivity index (χ3n) is 2.48. The van der Waals surface area contributed by atoms with Crippen molar-refractivity contribution in [1.82, 2.24) is 0 Å². The van der Waals surface area contributed by atoms with Crippen LogP contribution in [0.1, 0.15) is 27.7 Å². The Morgan fingerprint density at radius 3 is 2.08 bits per heavy atom. The van der Waals surface area contributed by atoms with E-state index in [0.717, 1.165) is 0 Å². The van der Waals surface area contributed by atoms with Crippen molar-refractivity contribution in [3.8, 4) is 0 Å². The monoisotopic (exact) mass is 171 g/mol. The Bertz CT molecular complexity index is 189. The number of rotatable bonds is 3. The van der Waals surface area contributed by atoms with Crippen LogP contribution in [0.25, 0.3) is 0 Å². The lowest BCUT2D eigenvalue weighted by Gasteiger charge is -2.39. The van der Waals surface area contributed by atoms with Crippen LogP contribution in [0.2, 0.25) is 0 Å². The van der Waals surface area contributed by atoms with Crippen LogP contribution in [0.5, 0.6) is 0 Å². The fraction of sp³-hybridized carbons (Fsp3) is 0.889. The molecule has 0 aromatic rings. The van der Waals surface area contributed by atoms with Gasteiger partial charge in [0.2, 0.25) is 6.08 Å².